The summed E-state index contributed by atoms with van der Waals surface area (Å²) in [5, 5.41) is 19.3. The highest BCUT2D eigenvalue weighted by molar-refractivity contribution is 7.13. The van der Waals surface area contributed by atoms with E-state index >= 15 is 0 Å². The van der Waals surface area contributed by atoms with Gasteiger partial charge in [-0.05, 0) is 37.6 Å². The molecule has 32 heavy (non-hydrogen) atoms. The summed E-state index contributed by atoms with van der Waals surface area (Å²) in [4.78, 5) is 34.8. The summed E-state index contributed by atoms with van der Waals surface area (Å²) < 4.78 is 1.93. The van der Waals surface area contributed by atoms with Gasteiger partial charge in [0.25, 0.3) is 5.91 Å². The Morgan fingerprint density at radius 3 is 2.78 bits per heavy atom. The fourth-order valence-corrected chi connectivity index (χ4v) is 4.42. The SMILES string of the molecule is CC(C)n1cnnc1-c1cccc(N2Cc3ccc(-c4nc(C(=O)O)cs4)cc3C2=O)n1. The largest absolute Gasteiger partial charge is 0.476 e. The third kappa shape index (κ3) is 3.34. The number of aromatic nitrogens is 5. The molecule has 1 aliphatic rings. The number of carbonyl (C=O) groups excluding carboxylic acids is 1. The van der Waals surface area contributed by atoms with E-state index in [0.29, 0.717) is 40.0 Å². The van der Waals surface area contributed by atoms with Crippen LogP contribution in [0.1, 0.15) is 46.3 Å². The van der Waals surface area contributed by atoms with Gasteiger partial charge < -0.3 is 9.67 Å². The third-order valence-corrected chi connectivity index (χ3v) is 6.14. The lowest BCUT2D eigenvalue weighted by Crippen LogP contribution is -2.24. The Kier molecular flexibility index (Phi) is 4.78. The highest BCUT2D eigenvalue weighted by atomic mass is 32.1. The second-order valence-electron chi connectivity index (χ2n) is 7.64. The lowest BCUT2D eigenvalue weighted by molar-refractivity contribution is 0.0691. The maximum atomic E-state index is 13.2. The van der Waals surface area contributed by atoms with Crippen molar-refractivity contribution in [3.63, 3.8) is 0 Å². The Balaban J connectivity index is 1.46. The van der Waals surface area contributed by atoms with Crippen LogP contribution < -0.4 is 4.90 Å². The fourth-order valence-electron chi connectivity index (χ4n) is 3.63. The molecule has 0 atom stereocenters. The van der Waals surface area contributed by atoms with E-state index in [4.69, 9.17) is 5.11 Å². The summed E-state index contributed by atoms with van der Waals surface area (Å²) in [6.07, 6.45) is 1.67. The number of carbonyl (C=O) groups is 2. The number of carboxylic acid groups (broad SMARTS) is 1. The van der Waals surface area contributed by atoms with Crippen molar-refractivity contribution in [3.8, 4) is 22.1 Å². The van der Waals surface area contributed by atoms with Gasteiger partial charge in [-0.3, -0.25) is 9.69 Å². The lowest BCUT2D eigenvalue weighted by atomic mass is 10.1. The van der Waals surface area contributed by atoms with Crippen LogP contribution in [0.4, 0.5) is 5.82 Å². The number of fused-ring (bicyclic) bond motifs is 1. The van der Waals surface area contributed by atoms with Crippen molar-refractivity contribution in [2.45, 2.75) is 26.4 Å². The van der Waals surface area contributed by atoms with E-state index in [1.54, 1.807) is 23.4 Å². The maximum Gasteiger partial charge on any atom is 0.355 e. The number of nitrogens with zero attached hydrogens (tertiary/aromatic N) is 6. The van der Waals surface area contributed by atoms with E-state index in [1.807, 2.05) is 42.7 Å². The van der Waals surface area contributed by atoms with Crippen LogP contribution in [0.5, 0.6) is 0 Å². The third-order valence-electron chi connectivity index (χ3n) is 5.25. The van der Waals surface area contributed by atoms with Gasteiger partial charge in [0, 0.05) is 22.5 Å². The highest BCUT2D eigenvalue weighted by Crippen LogP contribution is 2.33. The van der Waals surface area contributed by atoms with Gasteiger partial charge >= 0.3 is 5.97 Å². The normalized spacial score (nSPS) is 13.1. The molecular weight excluding hydrogens is 428 g/mol. The number of pyridine rings is 1. The second-order valence-corrected chi connectivity index (χ2v) is 8.50. The standard InChI is InChI=1S/C22H18N6O3S/c1-12(2)28-11-23-26-19(28)16-4-3-5-18(24-16)27-9-14-7-6-13(8-15(14)21(27)29)20-25-17(10-32-20)22(30)31/h3-8,10-12H,9H2,1-2H3,(H,30,31). The van der Waals surface area contributed by atoms with Crippen LogP contribution in [0.25, 0.3) is 22.1 Å². The molecule has 0 saturated carbocycles. The molecule has 0 fully saturated rings. The van der Waals surface area contributed by atoms with E-state index in [9.17, 15) is 9.59 Å². The molecule has 1 aliphatic heterocycles. The van der Waals surface area contributed by atoms with Gasteiger partial charge in [-0.15, -0.1) is 21.5 Å². The van der Waals surface area contributed by atoms with Crippen LogP contribution in [0.2, 0.25) is 0 Å². The summed E-state index contributed by atoms with van der Waals surface area (Å²) in [6, 6.07) is 11.2. The smallest absolute Gasteiger partial charge is 0.355 e. The summed E-state index contributed by atoms with van der Waals surface area (Å²) in [5.41, 5.74) is 2.79. The average Bonchev–Trinajstić information content (AvgIpc) is 3.52. The minimum Gasteiger partial charge on any atom is -0.476 e. The minimum absolute atomic E-state index is 0.00582. The number of aromatic carboxylic acids is 1. The van der Waals surface area contributed by atoms with Crippen molar-refractivity contribution in [1.82, 2.24) is 24.7 Å². The molecule has 0 bridgehead atoms. The molecule has 1 aromatic carbocycles. The van der Waals surface area contributed by atoms with Crippen molar-refractivity contribution in [2.75, 3.05) is 4.90 Å². The molecule has 0 spiro atoms. The van der Waals surface area contributed by atoms with Crippen molar-refractivity contribution >= 4 is 29.0 Å². The number of benzene rings is 1. The first-order valence-corrected chi connectivity index (χ1v) is 10.8. The first kappa shape index (κ1) is 20.0. The van der Waals surface area contributed by atoms with Gasteiger partial charge in [0.2, 0.25) is 0 Å². The zero-order chi connectivity index (χ0) is 22.4. The number of carboxylic acids is 1. The van der Waals surface area contributed by atoms with Crippen molar-refractivity contribution in [3.05, 3.63) is 64.9 Å². The number of hydrogen-bond acceptors (Lipinski definition) is 7. The number of anilines is 1. The molecule has 5 rings (SSSR count). The molecule has 0 radical (unpaired) electrons. The van der Waals surface area contributed by atoms with E-state index in [-0.39, 0.29) is 17.6 Å². The van der Waals surface area contributed by atoms with E-state index in [2.05, 4.69) is 20.2 Å². The van der Waals surface area contributed by atoms with E-state index in [0.717, 1.165) is 5.56 Å². The molecule has 0 aliphatic carbocycles. The van der Waals surface area contributed by atoms with Gasteiger partial charge in [-0.25, -0.2) is 14.8 Å². The monoisotopic (exact) mass is 446 g/mol. The quantitative estimate of drug-likeness (QED) is 0.494. The van der Waals surface area contributed by atoms with Gasteiger partial charge in [-0.1, -0.05) is 18.2 Å². The molecular formula is C22H18N6O3S. The molecule has 9 nitrogen and oxygen atoms in total. The molecule has 1 amide bonds. The first-order valence-electron chi connectivity index (χ1n) is 9.93. The molecule has 10 heteroatoms. The zero-order valence-corrected chi connectivity index (χ0v) is 18.1. The second kappa shape index (κ2) is 7.65. The molecule has 0 unspecified atom stereocenters. The van der Waals surface area contributed by atoms with Crippen LogP contribution in [0, 0.1) is 0 Å². The average molecular weight is 446 g/mol. The summed E-state index contributed by atoms with van der Waals surface area (Å²) in [7, 11) is 0. The number of hydrogen-bond donors (Lipinski definition) is 1. The van der Waals surface area contributed by atoms with Crippen molar-refractivity contribution in [1.29, 1.82) is 0 Å². The Bertz CT molecular complexity index is 1360. The zero-order valence-electron chi connectivity index (χ0n) is 17.3. The van der Waals surface area contributed by atoms with Crippen LogP contribution in [-0.4, -0.2) is 41.7 Å². The molecule has 1 N–H and O–H groups in total. The number of amides is 1. The summed E-state index contributed by atoms with van der Waals surface area (Å²) >= 11 is 1.23. The predicted molar refractivity (Wildman–Crippen MR) is 119 cm³/mol. The molecule has 160 valence electrons. The number of thiazole rings is 1. The Hall–Kier alpha value is -3.92. The maximum absolute atomic E-state index is 13.2. The highest BCUT2D eigenvalue weighted by Gasteiger charge is 2.30. The summed E-state index contributed by atoms with van der Waals surface area (Å²) in [6.45, 7) is 4.48. The predicted octanol–water partition coefficient (Wildman–Crippen LogP) is 3.90. The van der Waals surface area contributed by atoms with Crippen LogP contribution in [0.15, 0.2) is 48.1 Å². The molecule has 0 saturated heterocycles. The van der Waals surface area contributed by atoms with Crippen LogP contribution in [0.3, 0.4) is 0 Å². The van der Waals surface area contributed by atoms with Gasteiger partial charge in [-0.2, -0.15) is 0 Å². The van der Waals surface area contributed by atoms with Gasteiger partial charge in [0.15, 0.2) is 11.5 Å². The fraction of sp³-hybridized carbons (Fsp3) is 0.182. The summed E-state index contributed by atoms with van der Waals surface area (Å²) in [5.74, 6) is -0.0562. The molecule has 4 aromatic rings. The van der Waals surface area contributed by atoms with E-state index in [1.165, 1.54) is 16.7 Å². The topological polar surface area (TPSA) is 114 Å². The van der Waals surface area contributed by atoms with Crippen LogP contribution in [-0.2, 0) is 6.54 Å². The van der Waals surface area contributed by atoms with Crippen molar-refractivity contribution in [2.24, 2.45) is 0 Å². The lowest BCUT2D eigenvalue weighted by Gasteiger charge is -2.16. The Morgan fingerprint density at radius 2 is 2.03 bits per heavy atom. The Morgan fingerprint density at radius 1 is 1.19 bits per heavy atom. The number of rotatable bonds is 5. The first-order chi connectivity index (χ1) is 15.4. The minimum atomic E-state index is -1.07. The molecule has 3 aromatic heterocycles. The Labute approximate surface area is 187 Å². The molecule has 4 heterocycles. The van der Waals surface area contributed by atoms with Crippen molar-refractivity contribution < 1.29 is 14.7 Å². The van der Waals surface area contributed by atoms with E-state index < -0.39 is 5.97 Å². The van der Waals surface area contributed by atoms with Crippen LogP contribution >= 0.6 is 11.3 Å². The van der Waals surface area contributed by atoms with Gasteiger partial charge in [0.1, 0.15) is 22.8 Å². The van der Waals surface area contributed by atoms with Gasteiger partial charge in [0.05, 0.1) is 6.54 Å².